The van der Waals surface area contributed by atoms with E-state index in [1.54, 1.807) is 0 Å². The molecule has 0 spiro atoms. The summed E-state index contributed by atoms with van der Waals surface area (Å²) >= 11 is 0. The Labute approximate surface area is 81.9 Å². The molecule has 3 nitrogen and oxygen atoms in total. The molecule has 0 aromatic carbocycles. The molecule has 14 heavy (non-hydrogen) atoms. The Morgan fingerprint density at radius 2 is 2.00 bits per heavy atom. The zero-order chi connectivity index (χ0) is 10.9. The number of nitrogens with zero attached hydrogens (tertiary/aromatic N) is 1. The maximum Gasteiger partial charge on any atom is 0.279 e. The maximum atomic E-state index is 12.5. The molecular formula is C6H3ClF3NO2S. The highest BCUT2D eigenvalue weighted by atomic mass is 35.7. The van der Waals surface area contributed by atoms with Crippen LogP contribution in [0.25, 0.3) is 0 Å². The highest BCUT2D eigenvalue weighted by Gasteiger charge is 2.23. The largest absolute Gasteiger partial charge is 0.279 e. The smallest absolute Gasteiger partial charge is 0.240 e. The van der Waals surface area contributed by atoms with Crippen LogP contribution in [0.3, 0.4) is 0 Å². The van der Waals surface area contributed by atoms with Crippen molar-refractivity contribution in [3.05, 3.63) is 23.6 Å². The molecule has 0 unspecified atom stereocenters. The van der Waals surface area contributed by atoms with Gasteiger partial charge in [0.25, 0.3) is 15.5 Å². The van der Waals surface area contributed by atoms with Gasteiger partial charge in [-0.2, -0.15) is 0 Å². The molecule has 1 heterocycles. The fourth-order valence-corrected chi connectivity index (χ4v) is 1.80. The number of alkyl halides is 2. The van der Waals surface area contributed by atoms with E-state index in [1.807, 2.05) is 0 Å². The predicted molar refractivity (Wildman–Crippen MR) is 42.2 cm³/mol. The third kappa shape index (κ3) is 2.36. The third-order valence-electron chi connectivity index (χ3n) is 1.31. The highest BCUT2D eigenvalue weighted by Crippen LogP contribution is 2.27. The quantitative estimate of drug-likeness (QED) is 0.750. The summed E-state index contributed by atoms with van der Waals surface area (Å²) in [6.45, 7) is 0. The molecule has 0 aliphatic rings. The number of hydrogen-bond acceptors (Lipinski definition) is 3. The van der Waals surface area contributed by atoms with Crippen LogP contribution in [-0.4, -0.2) is 13.4 Å². The number of aromatic nitrogens is 1. The van der Waals surface area contributed by atoms with E-state index in [1.165, 1.54) is 0 Å². The molecule has 1 aromatic heterocycles. The molecule has 0 saturated carbocycles. The summed E-state index contributed by atoms with van der Waals surface area (Å²) in [5.74, 6) is -1.05. The van der Waals surface area contributed by atoms with Gasteiger partial charge in [-0.25, -0.2) is 26.6 Å². The molecule has 0 bridgehead atoms. The van der Waals surface area contributed by atoms with Crippen molar-refractivity contribution in [2.24, 2.45) is 0 Å². The first-order chi connectivity index (χ1) is 6.32. The summed E-state index contributed by atoms with van der Waals surface area (Å²) in [5, 5.41) is -1.02. The van der Waals surface area contributed by atoms with Gasteiger partial charge in [-0.15, -0.1) is 0 Å². The number of rotatable bonds is 2. The van der Waals surface area contributed by atoms with Crippen molar-refractivity contribution in [1.82, 2.24) is 4.98 Å². The second-order valence-electron chi connectivity index (χ2n) is 2.29. The molecule has 1 rings (SSSR count). The average Bonchev–Trinajstić information content (AvgIpc) is 2.01. The van der Waals surface area contributed by atoms with Crippen LogP contribution in [-0.2, 0) is 9.05 Å². The van der Waals surface area contributed by atoms with Crippen molar-refractivity contribution < 1.29 is 21.6 Å². The second kappa shape index (κ2) is 3.74. The van der Waals surface area contributed by atoms with Crippen molar-refractivity contribution in [1.29, 1.82) is 0 Å². The molecule has 0 saturated heterocycles. The highest BCUT2D eigenvalue weighted by molar-refractivity contribution is 8.13. The van der Waals surface area contributed by atoms with Crippen LogP contribution in [0.15, 0.2) is 17.3 Å². The van der Waals surface area contributed by atoms with Gasteiger partial charge in [0.1, 0.15) is 5.82 Å². The van der Waals surface area contributed by atoms with E-state index in [0.29, 0.717) is 12.3 Å². The van der Waals surface area contributed by atoms with Crippen LogP contribution in [0.2, 0.25) is 0 Å². The van der Waals surface area contributed by atoms with Crippen LogP contribution in [0.5, 0.6) is 0 Å². The fourth-order valence-electron chi connectivity index (χ4n) is 0.802. The summed E-state index contributed by atoms with van der Waals surface area (Å²) in [6, 6.07) is 0.382. The van der Waals surface area contributed by atoms with Gasteiger partial charge < -0.3 is 0 Å². The summed E-state index contributed by atoms with van der Waals surface area (Å²) in [5.41, 5.74) is -1.04. The van der Waals surface area contributed by atoms with Gasteiger partial charge in [0.15, 0.2) is 5.03 Å². The van der Waals surface area contributed by atoms with Crippen LogP contribution < -0.4 is 0 Å². The first kappa shape index (κ1) is 11.3. The lowest BCUT2D eigenvalue weighted by Crippen LogP contribution is -2.02. The van der Waals surface area contributed by atoms with Crippen LogP contribution in [0.4, 0.5) is 13.2 Å². The van der Waals surface area contributed by atoms with Gasteiger partial charge in [-0.05, 0) is 6.07 Å². The van der Waals surface area contributed by atoms with Crippen molar-refractivity contribution in [2.75, 3.05) is 0 Å². The molecule has 0 atom stereocenters. The SMILES string of the molecule is O=S(=O)(Cl)c1ncc(F)cc1C(F)F. The lowest BCUT2D eigenvalue weighted by atomic mass is 10.3. The van der Waals surface area contributed by atoms with E-state index >= 15 is 0 Å². The van der Waals surface area contributed by atoms with E-state index in [4.69, 9.17) is 10.7 Å². The molecule has 0 aliphatic carbocycles. The standard InChI is InChI=1S/C6H3ClF3NO2S/c7-14(12,13)6-4(5(9)10)1-3(8)2-11-6/h1-2,5H. The Bertz CT molecular complexity index is 448. The van der Waals surface area contributed by atoms with E-state index in [9.17, 15) is 21.6 Å². The minimum atomic E-state index is -4.38. The topological polar surface area (TPSA) is 47.0 Å². The maximum absolute atomic E-state index is 12.5. The molecule has 0 radical (unpaired) electrons. The Morgan fingerprint density at radius 3 is 2.43 bits per heavy atom. The van der Waals surface area contributed by atoms with Gasteiger partial charge in [0, 0.05) is 10.7 Å². The first-order valence-corrected chi connectivity index (χ1v) is 5.51. The molecule has 0 amide bonds. The van der Waals surface area contributed by atoms with E-state index in [2.05, 4.69) is 4.98 Å². The molecule has 8 heteroatoms. The lowest BCUT2D eigenvalue weighted by Gasteiger charge is -2.03. The Balaban J connectivity index is 3.45. The van der Waals surface area contributed by atoms with E-state index in [0.717, 1.165) is 0 Å². The lowest BCUT2D eigenvalue weighted by molar-refractivity contribution is 0.146. The number of hydrogen-bond donors (Lipinski definition) is 0. The zero-order valence-electron chi connectivity index (χ0n) is 6.42. The Kier molecular flexibility index (Phi) is 3.01. The van der Waals surface area contributed by atoms with Gasteiger partial charge in [0.05, 0.1) is 11.8 Å². The van der Waals surface area contributed by atoms with Crippen molar-refractivity contribution in [3.63, 3.8) is 0 Å². The molecule has 0 N–H and O–H groups in total. The summed E-state index contributed by atoms with van der Waals surface area (Å²) in [4.78, 5) is 3.00. The predicted octanol–water partition coefficient (Wildman–Crippen LogP) is 2.09. The zero-order valence-corrected chi connectivity index (χ0v) is 7.99. The molecule has 78 valence electrons. The Hall–Kier alpha value is -0.820. The van der Waals surface area contributed by atoms with Crippen LogP contribution >= 0.6 is 10.7 Å². The fraction of sp³-hybridized carbons (Fsp3) is 0.167. The normalized spacial score (nSPS) is 12.1. The van der Waals surface area contributed by atoms with Crippen LogP contribution in [0.1, 0.15) is 12.0 Å². The summed E-state index contributed by atoms with van der Waals surface area (Å²) in [6.07, 6.45) is -2.65. The molecular weight excluding hydrogens is 243 g/mol. The molecule has 0 fully saturated rings. The minimum absolute atomic E-state index is 0.382. The van der Waals surface area contributed by atoms with Crippen LogP contribution in [0, 0.1) is 5.82 Å². The third-order valence-corrected chi connectivity index (χ3v) is 2.55. The molecule has 0 aliphatic heterocycles. The van der Waals surface area contributed by atoms with E-state index < -0.39 is 31.9 Å². The van der Waals surface area contributed by atoms with Crippen molar-refractivity contribution in [2.45, 2.75) is 11.5 Å². The van der Waals surface area contributed by atoms with Gasteiger partial charge in [-0.3, -0.25) is 0 Å². The monoisotopic (exact) mass is 245 g/mol. The van der Waals surface area contributed by atoms with Gasteiger partial charge >= 0.3 is 0 Å². The van der Waals surface area contributed by atoms with E-state index in [-0.39, 0.29) is 0 Å². The first-order valence-electron chi connectivity index (χ1n) is 3.20. The minimum Gasteiger partial charge on any atom is -0.240 e. The summed E-state index contributed by atoms with van der Waals surface area (Å²) < 4.78 is 58.3. The second-order valence-corrected chi connectivity index (χ2v) is 4.77. The van der Waals surface area contributed by atoms with Gasteiger partial charge in [-0.1, -0.05) is 0 Å². The Morgan fingerprint density at radius 1 is 1.43 bits per heavy atom. The summed E-state index contributed by atoms with van der Waals surface area (Å²) in [7, 11) is 0.433. The van der Waals surface area contributed by atoms with Crippen molar-refractivity contribution >= 4 is 19.7 Å². The van der Waals surface area contributed by atoms with Gasteiger partial charge in [0.2, 0.25) is 0 Å². The number of halogens is 4. The molecule has 1 aromatic rings. The van der Waals surface area contributed by atoms with Crippen molar-refractivity contribution in [3.8, 4) is 0 Å². The average molecular weight is 246 g/mol. The number of pyridine rings is 1.